The summed E-state index contributed by atoms with van der Waals surface area (Å²) in [4.78, 5) is 71.6. The number of allylic oxidation sites excluding steroid dienone is 1. The van der Waals surface area contributed by atoms with Gasteiger partial charge in [0.05, 0.1) is 22.1 Å². The fourth-order valence-corrected chi connectivity index (χ4v) is 11.9. The minimum Gasteiger partial charge on any atom is -0.471 e. The maximum absolute atomic E-state index is 15.0. The van der Waals surface area contributed by atoms with Crippen molar-refractivity contribution in [1.29, 1.82) is 0 Å². The summed E-state index contributed by atoms with van der Waals surface area (Å²) in [6.45, 7) is 7.60. The van der Waals surface area contributed by atoms with E-state index in [1.807, 2.05) is 19.1 Å². The fourth-order valence-electron chi connectivity index (χ4n) is 9.34. The van der Waals surface area contributed by atoms with Crippen molar-refractivity contribution >= 4 is 67.2 Å². The van der Waals surface area contributed by atoms with E-state index in [1.165, 1.54) is 9.58 Å². The van der Waals surface area contributed by atoms with Crippen molar-refractivity contribution in [3.63, 3.8) is 0 Å². The number of hydrogen-bond donors (Lipinski definition) is 3. The van der Waals surface area contributed by atoms with Gasteiger partial charge in [0, 0.05) is 22.3 Å². The molecule has 2 aliphatic heterocycles. The molecule has 0 bridgehead atoms. The first kappa shape index (κ1) is 41.0. The lowest BCUT2D eigenvalue weighted by Crippen LogP contribution is -2.59. The van der Waals surface area contributed by atoms with Gasteiger partial charge in [-0.3, -0.25) is 23.9 Å². The molecule has 3 heterocycles. The lowest BCUT2D eigenvalue weighted by atomic mass is 9.88. The highest BCUT2D eigenvalue weighted by atomic mass is 127. The molecule has 5 fully saturated rings. The molecular formula is C41H53IN6O9S. The number of ether oxygens (including phenoxy) is 2. The van der Waals surface area contributed by atoms with Gasteiger partial charge in [-0.15, -0.1) is 5.10 Å². The minimum atomic E-state index is -4.01. The van der Waals surface area contributed by atoms with Crippen molar-refractivity contribution in [1.82, 2.24) is 30.0 Å². The van der Waals surface area contributed by atoms with E-state index >= 15 is 0 Å². The van der Waals surface area contributed by atoms with Crippen molar-refractivity contribution < 1.29 is 37.1 Å². The standard InChI is InChI=1S/C41H53IN6O9S/c1-5-48-35(50)30-13-9-8-12-29(30)34(45-48)56-28-18-31-33(49)44-41(37(52)46-58(54,55)39(4)14-15-39)20-25(41)11-7-6-10-23(2)16-24(3)32(36(51)47(31)22-28)43-38(53)57-27-17-26-19-40(26,42)21-27/h7-9,11-13,23-28,31-32H,5-6,10,14-22H2,1-4H3,(H,43,53)(H,44,49)(H,46,52)/b11-7-/t23-,24-,25-,26+,27+,28-,31+,32+,40-,41-/m1/s1. The number of carbonyl (C=O) groups excluding carboxylic acids is 4. The van der Waals surface area contributed by atoms with E-state index in [1.54, 1.807) is 38.1 Å². The van der Waals surface area contributed by atoms with Crippen LogP contribution in [-0.2, 0) is 35.7 Å². The number of hydrogen-bond acceptors (Lipinski definition) is 10. The summed E-state index contributed by atoms with van der Waals surface area (Å²) >= 11 is 2.46. The third-order valence-electron chi connectivity index (χ3n) is 13.5. The van der Waals surface area contributed by atoms with E-state index in [4.69, 9.17) is 9.47 Å². The number of alkyl carbamates (subject to hydrolysis) is 1. The molecule has 6 aliphatic rings. The van der Waals surface area contributed by atoms with Crippen LogP contribution in [0.25, 0.3) is 10.8 Å². The average Bonchev–Trinajstić information content (AvgIpc) is 4.12. The first-order valence-electron chi connectivity index (χ1n) is 20.6. The first-order valence-corrected chi connectivity index (χ1v) is 23.2. The topological polar surface area (TPSA) is 195 Å². The largest absolute Gasteiger partial charge is 0.471 e. The van der Waals surface area contributed by atoms with E-state index < -0.39 is 68.2 Å². The number of alkyl halides is 1. The van der Waals surface area contributed by atoms with Crippen molar-refractivity contribution in [2.45, 2.75) is 136 Å². The van der Waals surface area contributed by atoms with Gasteiger partial charge in [0.1, 0.15) is 29.8 Å². The molecule has 4 amide bonds. The highest BCUT2D eigenvalue weighted by molar-refractivity contribution is 14.1. The average molecular weight is 933 g/mol. The monoisotopic (exact) mass is 932 g/mol. The number of halogens is 1. The molecule has 17 heteroatoms. The molecule has 0 radical (unpaired) electrons. The zero-order chi connectivity index (χ0) is 41.4. The summed E-state index contributed by atoms with van der Waals surface area (Å²) in [6, 6.07) is 4.72. The summed E-state index contributed by atoms with van der Waals surface area (Å²) in [6.07, 6.45) is 7.87. The number of rotatable bonds is 8. The van der Waals surface area contributed by atoms with Crippen LogP contribution < -0.4 is 25.7 Å². The zero-order valence-electron chi connectivity index (χ0n) is 33.4. The lowest BCUT2D eigenvalue weighted by Gasteiger charge is -2.33. The molecule has 2 aromatic rings. The van der Waals surface area contributed by atoms with Crippen LogP contribution in [0.15, 0.2) is 41.2 Å². The first-order chi connectivity index (χ1) is 27.5. The minimum absolute atomic E-state index is 0.00341. The van der Waals surface area contributed by atoms with Crippen molar-refractivity contribution in [3.05, 3.63) is 46.8 Å². The van der Waals surface area contributed by atoms with Crippen LogP contribution in [0.5, 0.6) is 5.88 Å². The van der Waals surface area contributed by atoms with Gasteiger partial charge in [0.25, 0.3) is 11.5 Å². The molecule has 58 heavy (non-hydrogen) atoms. The number of nitrogens with one attached hydrogen (secondary N) is 3. The normalized spacial score (nSPS) is 35.9. The highest BCUT2D eigenvalue weighted by Gasteiger charge is 2.63. The molecule has 1 aromatic heterocycles. The van der Waals surface area contributed by atoms with E-state index in [2.05, 4.69) is 50.0 Å². The Balaban J connectivity index is 1.11. The number of fused-ring (bicyclic) bond motifs is 4. The number of amides is 4. The van der Waals surface area contributed by atoms with Crippen LogP contribution in [0.2, 0.25) is 0 Å². The Morgan fingerprint density at radius 3 is 2.47 bits per heavy atom. The van der Waals surface area contributed by atoms with Gasteiger partial charge in [-0.05, 0) is 102 Å². The van der Waals surface area contributed by atoms with Gasteiger partial charge in [-0.25, -0.2) is 17.9 Å². The Labute approximate surface area is 352 Å². The fraction of sp³-hybridized carbons (Fsp3) is 0.659. The molecule has 0 spiro atoms. The Morgan fingerprint density at radius 2 is 1.78 bits per heavy atom. The third-order valence-corrected chi connectivity index (χ3v) is 17.4. The number of nitrogens with zero attached hydrogens (tertiary/aromatic N) is 3. The van der Waals surface area contributed by atoms with E-state index in [0.29, 0.717) is 42.4 Å². The second kappa shape index (κ2) is 15.1. The summed E-state index contributed by atoms with van der Waals surface area (Å²) in [7, 11) is -4.01. The third kappa shape index (κ3) is 7.73. The maximum Gasteiger partial charge on any atom is 0.408 e. The van der Waals surface area contributed by atoms with Gasteiger partial charge in [0.15, 0.2) is 0 Å². The number of sulfonamides is 1. The Bertz CT molecular complexity index is 2230. The van der Waals surface area contributed by atoms with E-state index in [-0.39, 0.29) is 58.7 Å². The Morgan fingerprint density at radius 1 is 1.03 bits per heavy atom. The van der Waals surface area contributed by atoms with Crippen molar-refractivity contribution in [2.24, 2.45) is 23.7 Å². The van der Waals surface area contributed by atoms with Crippen LogP contribution in [0.1, 0.15) is 91.9 Å². The molecule has 8 rings (SSSR count). The molecular weight excluding hydrogens is 879 g/mol. The van der Waals surface area contributed by atoms with Gasteiger partial charge < -0.3 is 25.0 Å². The number of aromatic nitrogens is 2. The quantitative estimate of drug-likeness (QED) is 0.197. The lowest BCUT2D eigenvalue weighted by molar-refractivity contribution is -0.142. The smallest absolute Gasteiger partial charge is 0.408 e. The summed E-state index contributed by atoms with van der Waals surface area (Å²) in [5, 5.41) is 11.2. The van der Waals surface area contributed by atoms with E-state index in [9.17, 15) is 32.4 Å². The molecule has 314 valence electrons. The molecule has 0 unspecified atom stereocenters. The molecule has 10 atom stereocenters. The van der Waals surface area contributed by atoms with Crippen LogP contribution >= 0.6 is 22.6 Å². The second-order valence-corrected chi connectivity index (χ2v) is 22.3. The summed E-state index contributed by atoms with van der Waals surface area (Å²) < 4.78 is 41.6. The zero-order valence-corrected chi connectivity index (χ0v) is 36.3. The van der Waals surface area contributed by atoms with Crippen LogP contribution in [0.4, 0.5) is 4.79 Å². The molecule has 1 saturated heterocycles. The highest BCUT2D eigenvalue weighted by Crippen LogP contribution is 2.62. The molecule has 1 aromatic carbocycles. The summed E-state index contributed by atoms with van der Waals surface area (Å²) in [5.74, 6) is -1.92. The maximum atomic E-state index is 15.0. The van der Waals surface area contributed by atoms with Crippen LogP contribution in [0, 0.1) is 23.7 Å². The predicted octanol–water partition coefficient (Wildman–Crippen LogP) is 4.10. The number of carbonyl (C=O) groups is 4. The van der Waals surface area contributed by atoms with Crippen molar-refractivity contribution in [3.8, 4) is 5.88 Å². The number of aryl methyl sites for hydroxylation is 1. The van der Waals surface area contributed by atoms with Gasteiger partial charge in [-0.1, -0.05) is 60.7 Å². The molecule has 4 aliphatic carbocycles. The van der Waals surface area contributed by atoms with Gasteiger partial charge in [0.2, 0.25) is 27.7 Å². The van der Waals surface area contributed by atoms with Crippen LogP contribution in [-0.4, -0.2) is 91.5 Å². The Hall–Kier alpha value is -3.74. The van der Waals surface area contributed by atoms with Gasteiger partial charge in [-0.2, -0.15) is 0 Å². The van der Waals surface area contributed by atoms with Crippen molar-refractivity contribution in [2.75, 3.05) is 6.54 Å². The number of benzene rings is 1. The van der Waals surface area contributed by atoms with Gasteiger partial charge >= 0.3 is 6.09 Å². The molecule has 3 N–H and O–H groups in total. The summed E-state index contributed by atoms with van der Waals surface area (Å²) in [5.41, 5.74) is -1.83. The molecule has 15 nitrogen and oxygen atoms in total. The van der Waals surface area contributed by atoms with E-state index in [0.717, 1.165) is 25.7 Å². The second-order valence-electron chi connectivity index (χ2n) is 18.0. The van der Waals surface area contributed by atoms with Crippen LogP contribution in [0.3, 0.4) is 0 Å². The molecule has 4 saturated carbocycles. The Kier molecular flexibility index (Phi) is 10.7. The SMILES string of the molecule is CCn1nc(O[C@@H]2C[C@H]3C(=O)N[C@]4(C(=O)NS(=O)(=O)C5(C)CC5)C[C@H]4/C=C\CC[C@@H](C)C[C@@H](C)[C@H](NC(=O)O[C@H]4C[C@H]5C[C@@]5(I)C4)C(=O)N3C2)c2ccccc2c1=O. The predicted molar refractivity (Wildman–Crippen MR) is 222 cm³/mol.